The van der Waals surface area contributed by atoms with E-state index >= 15 is 0 Å². The van der Waals surface area contributed by atoms with E-state index in [2.05, 4.69) is 69.2 Å². The van der Waals surface area contributed by atoms with Gasteiger partial charge in [0, 0.05) is 0 Å². The molecule has 2 atom stereocenters. The minimum absolute atomic E-state index is 0.798. The van der Waals surface area contributed by atoms with Crippen molar-refractivity contribution in [3.05, 3.63) is 0 Å². The molecule has 0 radical (unpaired) electrons. The van der Waals surface area contributed by atoms with Crippen LogP contribution >= 0.6 is 0 Å². The van der Waals surface area contributed by atoms with Gasteiger partial charge in [-0.05, 0) is 11.8 Å². The van der Waals surface area contributed by atoms with Gasteiger partial charge >= 0.3 is 0 Å². The Labute approximate surface area is 143 Å². The van der Waals surface area contributed by atoms with Crippen molar-refractivity contribution in [1.82, 2.24) is 0 Å². The molecule has 0 bridgehead atoms. The topological polar surface area (TPSA) is 0 Å². The third kappa shape index (κ3) is 8.11. The average molecular weight is 306 g/mol. The van der Waals surface area contributed by atoms with Gasteiger partial charge in [-0.3, -0.25) is 0 Å². The monoisotopic (exact) mass is 306 g/mol. The van der Waals surface area contributed by atoms with Crippen LogP contribution in [0.25, 0.3) is 0 Å². The lowest BCUT2D eigenvalue weighted by Crippen LogP contribution is -2.45. The first-order chi connectivity index (χ1) is 10.1. The zero-order valence-corrected chi connectivity index (χ0v) is 17.4. The first-order valence-corrected chi connectivity index (χ1v) is 10.1. The molecule has 130 valence electrons. The second kappa shape index (κ2) is 10.8. The summed E-state index contributed by atoms with van der Waals surface area (Å²) in [5.41, 5.74) is 0. The van der Waals surface area contributed by atoms with Gasteiger partial charge in [0.2, 0.25) is 0 Å². The maximum absolute atomic E-state index is 2.52. The minimum Gasteiger partial charge on any atom is -0.0800 e. The van der Waals surface area contributed by atoms with Gasteiger partial charge in [0.25, 0.3) is 0 Å². The van der Waals surface area contributed by atoms with E-state index in [1.54, 1.807) is 0 Å². The van der Waals surface area contributed by atoms with Crippen molar-refractivity contribution in [2.75, 3.05) is 0 Å². The zero-order valence-electron chi connectivity index (χ0n) is 17.4. The smallest absolute Gasteiger partial charge is 0.0800 e. The molecule has 0 rings (SSSR count). The lowest BCUT2D eigenvalue weighted by atomic mass is 8.99. The summed E-state index contributed by atoms with van der Waals surface area (Å²) >= 11 is 0. The highest BCUT2D eigenvalue weighted by Gasteiger charge is 2.38. The van der Waals surface area contributed by atoms with Crippen LogP contribution in [0, 0.1) is 23.7 Å². The molecule has 0 N–H and O–H groups in total. The molecule has 2 unspecified atom stereocenters. The van der Waals surface area contributed by atoms with Crippen LogP contribution in [0.1, 0.15) is 82.1 Å². The summed E-state index contributed by atoms with van der Waals surface area (Å²) in [6.07, 6.45) is 5.66. The Bertz CT molecular complexity index is 245. The maximum atomic E-state index is 2.52. The summed E-state index contributed by atoms with van der Waals surface area (Å²) in [6, 6.07) is 0. The van der Waals surface area contributed by atoms with Crippen LogP contribution < -0.4 is 0 Å². The van der Waals surface area contributed by atoms with E-state index in [4.69, 9.17) is 0 Å². The van der Waals surface area contributed by atoms with E-state index in [0.717, 1.165) is 48.5 Å². The van der Waals surface area contributed by atoms with Crippen LogP contribution in [0.15, 0.2) is 0 Å². The second-order valence-electron chi connectivity index (χ2n) is 9.49. The van der Waals surface area contributed by atoms with Gasteiger partial charge in [0.05, 0.1) is 0 Å². The summed E-state index contributed by atoms with van der Waals surface area (Å²) in [5, 5.41) is 0. The van der Waals surface area contributed by atoms with Crippen LogP contribution in [0.5, 0.6) is 0 Å². The Morgan fingerprint density at radius 3 is 1.09 bits per heavy atom. The minimum atomic E-state index is 0.798. The van der Waals surface area contributed by atoms with Crippen molar-refractivity contribution < 1.29 is 0 Å². The summed E-state index contributed by atoms with van der Waals surface area (Å²) < 4.78 is 0. The first-order valence-electron chi connectivity index (χ1n) is 10.1. The Morgan fingerprint density at radius 1 is 0.545 bits per heavy atom. The molecule has 0 saturated heterocycles. The van der Waals surface area contributed by atoms with E-state index in [-0.39, 0.29) is 0 Å². The average Bonchev–Trinajstić information content (AvgIpc) is 2.39. The molecule has 0 saturated carbocycles. The molecule has 0 aromatic rings. The standard InChI is InChI=1S/C20H44B2/c1-15(2)11-13-21(14-12-16(3)4)22(19(9)17(5)6)20(10)18(7)8/h15-20H,11-14H2,1-10H3. The summed E-state index contributed by atoms with van der Waals surface area (Å²) in [5.74, 6) is 4.94. The van der Waals surface area contributed by atoms with Crippen molar-refractivity contribution in [2.24, 2.45) is 23.7 Å². The molecule has 0 fully saturated rings. The Kier molecular flexibility index (Phi) is 10.9. The van der Waals surface area contributed by atoms with Gasteiger partial charge in [-0.15, -0.1) is 0 Å². The lowest BCUT2D eigenvalue weighted by Gasteiger charge is -2.37. The molecule has 0 aromatic heterocycles. The largest absolute Gasteiger partial charge is 0.117 e. The number of rotatable bonds is 11. The molecule has 0 heterocycles. The van der Waals surface area contributed by atoms with Gasteiger partial charge in [0.15, 0.2) is 0 Å². The molecule has 0 aromatic carbocycles. The van der Waals surface area contributed by atoms with Crippen molar-refractivity contribution in [2.45, 2.75) is 106 Å². The fraction of sp³-hybridized carbons (Fsp3) is 1.00. The predicted octanol–water partition coefficient (Wildman–Crippen LogP) is 7.24. The molecule has 0 amide bonds. The summed E-state index contributed by atoms with van der Waals surface area (Å²) in [7, 11) is 0. The van der Waals surface area contributed by atoms with Crippen LogP contribution in [0.3, 0.4) is 0 Å². The van der Waals surface area contributed by atoms with E-state index in [0.29, 0.717) is 0 Å². The third-order valence-corrected chi connectivity index (χ3v) is 6.09. The van der Waals surface area contributed by atoms with Crippen LogP contribution in [0.2, 0.25) is 24.3 Å². The SMILES string of the molecule is CC(C)CCB(CCC(C)C)B(C(C)C(C)C)C(C)C(C)C. The van der Waals surface area contributed by atoms with E-state index in [1.807, 2.05) is 0 Å². The Morgan fingerprint density at radius 2 is 0.864 bits per heavy atom. The normalized spacial score (nSPS) is 15.0. The van der Waals surface area contributed by atoms with Gasteiger partial charge in [-0.1, -0.05) is 118 Å². The van der Waals surface area contributed by atoms with E-state index in [9.17, 15) is 0 Å². The van der Waals surface area contributed by atoms with Crippen molar-refractivity contribution in [3.8, 4) is 0 Å². The van der Waals surface area contributed by atoms with Crippen molar-refractivity contribution in [3.63, 3.8) is 0 Å². The fourth-order valence-corrected chi connectivity index (χ4v) is 3.85. The summed E-state index contributed by atoms with van der Waals surface area (Å²) in [4.78, 5) is 0. The lowest BCUT2D eigenvalue weighted by molar-refractivity contribution is 0.566. The Hall–Kier alpha value is 0.130. The summed E-state index contributed by atoms with van der Waals surface area (Å²) in [6.45, 7) is 26.1. The zero-order chi connectivity index (χ0) is 17.4. The molecular formula is C20H44B2. The molecule has 22 heavy (non-hydrogen) atoms. The Balaban J connectivity index is 5.20. The van der Waals surface area contributed by atoms with Gasteiger partial charge in [-0.2, -0.15) is 0 Å². The third-order valence-electron chi connectivity index (χ3n) is 6.09. The van der Waals surface area contributed by atoms with Crippen LogP contribution in [0.4, 0.5) is 0 Å². The highest BCUT2D eigenvalue weighted by Crippen LogP contribution is 2.37. The molecule has 0 aliphatic rings. The molecule has 0 spiro atoms. The van der Waals surface area contributed by atoms with Gasteiger partial charge < -0.3 is 0 Å². The molecular weight excluding hydrogens is 262 g/mol. The van der Waals surface area contributed by atoms with Crippen LogP contribution in [-0.4, -0.2) is 13.2 Å². The maximum Gasteiger partial charge on any atom is 0.117 e. The molecule has 0 aliphatic carbocycles. The highest BCUT2D eigenvalue weighted by atomic mass is 14.1. The quantitative estimate of drug-likeness (QED) is 0.353. The van der Waals surface area contributed by atoms with Gasteiger partial charge in [-0.25, -0.2) is 0 Å². The van der Waals surface area contributed by atoms with E-state index < -0.39 is 0 Å². The van der Waals surface area contributed by atoms with Gasteiger partial charge in [0.1, 0.15) is 13.2 Å². The first kappa shape index (κ1) is 22.1. The fourth-order valence-electron chi connectivity index (χ4n) is 3.85. The number of hydrogen-bond donors (Lipinski definition) is 0. The van der Waals surface area contributed by atoms with Crippen molar-refractivity contribution in [1.29, 1.82) is 0 Å². The second-order valence-corrected chi connectivity index (χ2v) is 9.49. The van der Waals surface area contributed by atoms with Crippen LogP contribution in [-0.2, 0) is 0 Å². The molecule has 0 aliphatic heterocycles. The molecule has 0 nitrogen and oxygen atoms in total. The van der Waals surface area contributed by atoms with Crippen molar-refractivity contribution >= 4 is 13.2 Å². The van der Waals surface area contributed by atoms with E-state index in [1.165, 1.54) is 25.5 Å². The predicted molar refractivity (Wildman–Crippen MR) is 109 cm³/mol. The number of hydrogen-bond acceptors (Lipinski definition) is 0. The molecule has 2 heteroatoms. The highest BCUT2D eigenvalue weighted by molar-refractivity contribution is 7.23.